The van der Waals surface area contributed by atoms with E-state index in [1.165, 1.54) is 62.6 Å². The molecule has 0 unspecified atom stereocenters. The summed E-state index contributed by atoms with van der Waals surface area (Å²) in [5.74, 6) is 0. The van der Waals surface area contributed by atoms with E-state index in [-0.39, 0.29) is 0 Å². The Hall–Kier alpha value is -6.20. The van der Waals surface area contributed by atoms with Crippen LogP contribution in [0.5, 0.6) is 0 Å². The molecular weight excluding hydrogens is 671 g/mol. The van der Waals surface area contributed by atoms with Crippen molar-refractivity contribution in [3.8, 4) is 22.3 Å². The smallest absolute Gasteiger partial charge is 0.159 e. The van der Waals surface area contributed by atoms with Crippen LogP contribution in [0.25, 0.3) is 84.5 Å². The van der Waals surface area contributed by atoms with Gasteiger partial charge in [-0.1, -0.05) is 103 Å². The number of benzene rings is 8. The Balaban J connectivity index is 1.03. The largest absolute Gasteiger partial charge is 0.454 e. The molecule has 0 amide bonds. The summed E-state index contributed by atoms with van der Waals surface area (Å²) in [6.07, 6.45) is 0. The van der Waals surface area contributed by atoms with Crippen molar-refractivity contribution in [3.63, 3.8) is 0 Å². The predicted octanol–water partition coefficient (Wildman–Crippen LogP) is 15.1. The van der Waals surface area contributed by atoms with E-state index < -0.39 is 0 Å². The minimum absolute atomic E-state index is 0.876. The summed E-state index contributed by atoms with van der Waals surface area (Å²) >= 11 is 3.71. The lowest BCUT2D eigenvalue weighted by Gasteiger charge is -2.26. The average molecular weight is 700 g/mol. The van der Waals surface area contributed by atoms with Crippen molar-refractivity contribution in [2.75, 3.05) is 4.90 Å². The van der Waals surface area contributed by atoms with Crippen LogP contribution < -0.4 is 4.90 Å². The molecular formula is C48H29NOS2. The van der Waals surface area contributed by atoms with Gasteiger partial charge in [-0.05, 0) is 95.1 Å². The monoisotopic (exact) mass is 699 g/mol. The Morgan fingerprint density at radius 3 is 1.38 bits per heavy atom. The van der Waals surface area contributed by atoms with E-state index in [2.05, 4.69) is 169 Å². The highest BCUT2D eigenvalue weighted by atomic mass is 32.1. The molecule has 3 aromatic heterocycles. The lowest BCUT2D eigenvalue weighted by Crippen LogP contribution is -2.10. The molecule has 11 aromatic rings. The van der Waals surface area contributed by atoms with Crippen molar-refractivity contribution >= 4 is 102 Å². The topological polar surface area (TPSA) is 16.4 Å². The van der Waals surface area contributed by atoms with E-state index >= 15 is 0 Å². The van der Waals surface area contributed by atoms with Gasteiger partial charge in [0.15, 0.2) is 5.58 Å². The third-order valence-corrected chi connectivity index (χ3v) is 12.6. The molecule has 11 rings (SSSR count). The van der Waals surface area contributed by atoms with Crippen molar-refractivity contribution in [3.05, 3.63) is 176 Å². The van der Waals surface area contributed by atoms with Gasteiger partial charge in [0, 0.05) is 62.5 Å². The molecule has 2 nitrogen and oxygen atoms in total. The Kier molecular flexibility index (Phi) is 6.63. The maximum absolute atomic E-state index is 6.59. The molecule has 0 spiro atoms. The first-order chi connectivity index (χ1) is 25.7. The maximum Gasteiger partial charge on any atom is 0.159 e. The molecule has 0 N–H and O–H groups in total. The molecule has 4 heteroatoms. The fraction of sp³-hybridized carbons (Fsp3) is 0. The lowest BCUT2D eigenvalue weighted by molar-refractivity contribution is 0.669. The first kappa shape index (κ1) is 29.5. The standard InChI is InChI=1S/C48H29NOS2/c1-4-13-43-36(8-1)39-11-7-12-42(48(39)50-43)49(34-22-16-30(17-23-34)32-20-26-46-40(28-32)37-9-2-5-14-44(37)51-46)35-24-18-31(19-25-35)33-21-27-47-41(29-33)38-10-3-6-15-45(38)52-47/h1-29H. The third-order valence-electron chi connectivity index (χ3n) is 10.3. The van der Waals surface area contributed by atoms with Crippen LogP contribution >= 0.6 is 22.7 Å². The van der Waals surface area contributed by atoms with Crippen LogP contribution in [0.15, 0.2) is 180 Å². The number of hydrogen-bond acceptors (Lipinski definition) is 4. The Morgan fingerprint density at radius 1 is 0.346 bits per heavy atom. The SMILES string of the molecule is c1ccc2c(c1)oc1c(N(c3ccc(-c4ccc5sc6ccccc6c5c4)cc3)c3ccc(-c4ccc5sc6ccccc6c5c4)cc3)cccc12. The summed E-state index contributed by atoms with van der Waals surface area (Å²) in [7, 11) is 0. The first-order valence-corrected chi connectivity index (χ1v) is 19.1. The number of fused-ring (bicyclic) bond motifs is 9. The third kappa shape index (κ3) is 4.69. The van der Waals surface area contributed by atoms with Gasteiger partial charge >= 0.3 is 0 Å². The number of furan rings is 1. The van der Waals surface area contributed by atoms with Crippen LogP contribution in [0.1, 0.15) is 0 Å². The summed E-state index contributed by atoms with van der Waals surface area (Å²) in [4.78, 5) is 2.32. The zero-order valence-electron chi connectivity index (χ0n) is 27.9. The molecule has 244 valence electrons. The quantitative estimate of drug-likeness (QED) is 0.178. The van der Waals surface area contributed by atoms with Crippen molar-refractivity contribution in [2.24, 2.45) is 0 Å². The lowest BCUT2D eigenvalue weighted by atomic mass is 10.0. The minimum Gasteiger partial charge on any atom is -0.454 e. The fourth-order valence-corrected chi connectivity index (χ4v) is 9.93. The normalized spacial score (nSPS) is 11.8. The maximum atomic E-state index is 6.59. The van der Waals surface area contributed by atoms with Crippen molar-refractivity contribution in [1.82, 2.24) is 0 Å². The highest BCUT2D eigenvalue weighted by molar-refractivity contribution is 7.26. The zero-order chi connectivity index (χ0) is 34.2. The van der Waals surface area contributed by atoms with Crippen molar-refractivity contribution in [2.45, 2.75) is 0 Å². The van der Waals surface area contributed by atoms with Gasteiger partial charge < -0.3 is 9.32 Å². The van der Waals surface area contributed by atoms with Crippen LogP contribution in [0.4, 0.5) is 17.1 Å². The van der Waals surface area contributed by atoms with Crippen LogP contribution in [0.3, 0.4) is 0 Å². The van der Waals surface area contributed by atoms with Gasteiger partial charge in [0.25, 0.3) is 0 Å². The highest BCUT2D eigenvalue weighted by Gasteiger charge is 2.20. The molecule has 0 atom stereocenters. The number of thiophene rings is 2. The molecule has 0 aliphatic rings. The second-order valence-electron chi connectivity index (χ2n) is 13.3. The first-order valence-electron chi connectivity index (χ1n) is 17.5. The van der Waals surface area contributed by atoms with Crippen LogP contribution in [-0.2, 0) is 0 Å². The van der Waals surface area contributed by atoms with Gasteiger partial charge in [0.1, 0.15) is 5.58 Å². The number of para-hydroxylation sites is 2. The van der Waals surface area contributed by atoms with Gasteiger partial charge in [-0.3, -0.25) is 0 Å². The summed E-state index contributed by atoms with van der Waals surface area (Å²) < 4.78 is 11.9. The van der Waals surface area contributed by atoms with Crippen molar-refractivity contribution in [1.29, 1.82) is 0 Å². The molecule has 0 bridgehead atoms. The average Bonchev–Trinajstić information content (AvgIpc) is 3.90. The summed E-state index contributed by atoms with van der Waals surface area (Å²) in [5, 5.41) is 7.49. The Morgan fingerprint density at radius 2 is 0.808 bits per heavy atom. The zero-order valence-corrected chi connectivity index (χ0v) is 29.5. The van der Waals surface area contributed by atoms with E-state index in [9.17, 15) is 0 Å². The van der Waals surface area contributed by atoms with E-state index in [0.717, 1.165) is 39.0 Å². The van der Waals surface area contributed by atoms with Gasteiger partial charge in [-0.25, -0.2) is 0 Å². The molecule has 0 aliphatic heterocycles. The van der Waals surface area contributed by atoms with E-state index in [1.807, 2.05) is 34.8 Å². The molecule has 3 heterocycles. The van der Waals surface area contributed by atoms with Crippen LogP contribution in [0.2, 0.25) is 0 Å². The van der Waals surface area contributed by atoms with Crippen LogP contribution in [-0.4, -0.2) is 0 Å². The van der Waals surface area contributed by atoms with Gasteiger partial charge in [-0.15, -0.1) is 22.7 Å². The Labute approximate surface area is 308 Å². The van der Waals surface area contributed by atoms with Crippen molar-refractivity contribution < 1.29 is 4.42 Å². The van der Waals surface area contributed by atoms with Gasteiger partial charge in [0.2, 0.25) is 0 Å². The number of anilines is 3. The summed E-state index contributed by atoms with van der Waals surface area (Å²) in [6.45, 7) is 0. The highest BCUT2D eigenvalue weighted by Crippen LogP contribution is 2.44. The van der Waals surface area contributed by atoms with E-state index in [0.29, 0.717) is 0 Å². The second kappa shape index (κ2) is 11.7. The van der Waals surface area contributed by atoms with Gasteiger partial charge in [-0.2, -0.15) is 0 Å². The summed E-state index contributed by atoms with van der Waals surface area (Å²) in [5.41, 5.74) is 9.72. The predicted molar refractivity (Wildman–Crippen MR) is 225 cm³/mol. The number of nitrogens with zero attached hydrogens (tertiary/aromatic N) is 1. The molecule has 0 saturated carbocycles. The van der Waals surface area contributed by atoms with Crippen LogP contribution in [0, 0.1) is 0 Å². The molecule has 0 fully saturated rings. The molecule has 8 aromatic carbocycles. The fourth-order valence-electron chi connectivity index (χ4n) is 7.75. The molecule has 0 saturated heterocycles. The molecule has 0 aliphatic carbocycles. The number of rotatable bonds is 5. The number of hydrogen-bond donors (Lipinski definition) is 0. The van der Waals surface area contributed by atoms with E-state index in [4.69, 9.17) is 4.42 Å². The summed E-state index contributed by atoms with van der Waals surface area (Å²) in [6, 6.07) is 63.7. The Bertz CT molecular complexity index is 2970. The van der Waals surface area contributed by atoms with Gasteiger partial charge in [0.05, 0.1) is 5.69 Å². The molecule has 52 heavy (non-hydrogen) atoms. The van der Waals surface area contributed by atoms with E-state index in [1.54, 1.807) is 0 Å². The molecule has 0 radical (unpaired) electrons. The minimum atomic E-state index is 0.876. The second-order valence-corrected chi connectivity index (χ2v) is 15.5.